The fraction of sp³-hybridized carbons (Fsp3) is 0.500. The fourth-order valence-corrected chi connectivity index (χ4v) is 1.67. The third-order valence-corrected chi connectivity index (χ3v) is 2.47. The molecular formula is C12H16O. The van der Waals surface area contributed by atoms with Crippen LogP contribution in [0.4, 0.5) is 0 Å². The van der Waals surface area contributed by atoms with Crippen LogP contribution in [0.5, 0.6) is 0 Å². The van der Waals surface area contributed by atoms with Crippen LogP contribution >= 0.6 is 0 Å². The number of epoxide rings is 1. The zero-order valence-electron chi connectivity index (χ0n) is 8.45. The minimum Gasteiger partial charge on any atom is -0.364 e. The van der Waals surface area contributed by atoms with Crippen molar-refractivity contribution in [3.05, 3.63) is 35.9 Å². The maximum atomic E-state index is 5.67. The molecule has 1 heterocycles. The lowest BCUT2D eigenvalue weighted by atomic mass is 9.88. The molecule has 1 nitrogen and oxygen atoms in total. The summed E-state index contributed by atoms with van der Waals surface area (Å²) in [6.45, 7) is 6.67. The maximum absolute atomic E-state index is 5.67. The van der Waals surface area contributed by atoms with E-state index in [1.165, 1.54) is 5.56 Å². The standard InChI is InChI=1S/C12H16O/c1-12(2,3)11-10(13-11)9-7-5-4-6-8-9/h4-8,10-11H,1-3H3. The SMILES string of the molecule is CC(C)(C)C1OC1c1ccccc1. The van der Waals surface area contributed by atoms with Crippen LogP contribution in [-0.2, 0) is 4.74 Å². The molecule has 13 heavy (non-hydrogen) atoms. The van der Waals surface area contributed by atoms with Gasteiger partial charge in [0.15, 0.2) is 0 Å². The molecule has 0 saturated carbocycles. The predicted octanol–water partition coefficient (Wildman–Crippen LogP) is 3.17. The van der Waals surface area contributed by atoms with Crippen LogP contribution < -0.4 is 0 Å². The van der Waals surface area contributed by atoms with Gasteiger partial charge in [0.05, 0.1) is 6.10 Å². The van der Waals surface area contributed by atoms with Crippen LogP contribution in [-0.4, -0.2) is 6.10 Å². The van der Waals surface area contributed by atoms with Gasteiger partial charge >= 0.3 is 0 Å². The van der Waals surface area contributed by atoms with Gasteiger partial charge in [-0.15, -0.1) is 0 Å². The van der Waals surface area contributed by atoms with E-state index in [1.807, 2.05) is 6.07 Å². The monoisotopic (exact) mass is 176 g/mol. The van der Waals surface area contributed by atoms with Gasteiger partial charge in [-0.1, -0.05) is 51.1 Å². The van der Waals surface area contributed by atoms with Crippen LogP contribution in [0.25, 0.3) is 0 Å². The van der Waals surface area contributed by atoms with Crippen LogP contribution in [0.1, 0.15) is 32.4 Å². The van der Waals surface area contributed by atoms with Gasteiger partial charge < -0.3 is 4.74 Å². The second kappa shape index (κ2) is 2.85. The molecule has 1 saturated heterocycles. The molecule has 0 spiro atoms. The summed E-state index contributed by atoms with van der Waals surface area (Å²) < 4.78 is 5.67. The van der Waals surface area contributed by atoms with Crippen molar-refractivity contribution in [1.29, 1.82) is 0 Å². The van der Waals surface area contributed by atoms with Crippen LogP contribution in [0.15, 0.2) is 30.3 Å². The average molecular weight is 176 g/mol. The Labute approximate surface area is 79.7 Å². The smallest absolute Gasteiger partial charge is 0.110 e. The Morgan fingerprint density at radius 2 is 1.69 bits per heavy atom. The van der Waals surface area contributed by atoms with Crippen molar-refractivity contribution in [1.82, 2.24) is 0 Å². The van der Waals surface area contributed by atoms with Crippen molar-refractivity contribution in [3.63, 3.8) is 0 Å². The van der Waals surface area contributed by atoms with E-state index < -0.39 is 0 Å². The van der Waals surface area contributed by atoms with E-state index in [-0.39, 0.29) is 5.41 Å². The topological polar surface area (TPSA) is 12.5 Å². The van der Waals surface area contributed by atoms with Gasteiger partial charge in [0.2, 0.25) is 0 Å². The summed E-state index contributed by atoms with van der Waals surface area (Å²) in [7, 11) is 0. The molecule has 2 atom stereocenters. The van der Waals surface area contributed by atoms with Crippen molar-refractivity contribution in [3.8, 4) is 0 Å². The van der Waals surface area contributed by atoms with E-state index in [4.69, 9.17) is 4.74 Å². The molecule has 0 radical (unpaired) electrons. The highest BCUT2D eigenvalue weighted by atomic mass is 16.6. The Bertz CT molecular complexity index is 284. The van der Waals surface area contributed by atoms with Gasteiger partial charge in [-0.2, -0.15) is 0 Å². The van der Waals surface area contributed by atoms with Gasteiger partial charge in [-0.3, -0.25) is 0 Å². The first-order chi connectivity index (χ1) is 6.09. The van der Waals surface area contributed by atoms with Gasteiger partial charge in [-0.05, 0) is 11.0 Å². The van der Waals surface area contributed by atoms with Crippen LogP contribution in [0, 0.1) is 5.41 Å². The maximum Gasteiger partial charge on any atom is 0.110 e. The van der Waals surface area contributed by atoms with Gasteiger partial charge in [-0.25, -0.2) is 0 Å². The second-order valence-corrected chi connectivity index (χ2v) is 4.75. The second-order valence-electron chi connectivity index (χ2n) is 4.75. The number of hydrogen-bond acceptors (Lipinski definition) is 1. The van der Waals surface area contributed by atoms with E-state index in [2.05, 4.69) is 45.0 Å². The molecule has 1 fully saturated rings. The van der Waals surface area contributed by atoms with Crippen molar-refractivity contribution in [2.45, 2.75) is 33.0 Å². The molecule has 1 aliphatic rings. The molecule has 0 amide bonds. The predicted molar refractivity (Wildman–Crippen MR) is 53.5 cm³/mol. The van der Waals surface area contributed by atoms with E-state index >= 15 is 0 Å². The first kappa shape index (κ1) is 8.76. The highest BCUT2D eigenvalue weighted by Gasteiger charge is 2.47. The van der Waals surface area contributed by atoms with Gasteiger partial charge in [0, 0.05) is 0 Å². The highest BCUT2D eigenvalue weighted by molar-refractivity contribution is 5.23. The van der Waals surface area contributed by atoms with E-state index in [1.54, 1.807) is 0 Å². The Morgan fingerprint density at radius 3 is 2.15 bits per heavy atom. The summed E-state index contributed by atoms with van der Waals surface area (Å²) in [5.41, 5.74) is 1.57. The third kappa shape index (κ3) is 1.75. The first-order valence-corrected chi connectivity index (χ1v) is 4.79. The van der Waals surface area contributed by atoms with Gasteiger partial charge in [0.1, 0.15) is 6.10 Å². The van der Waals surface area contributed by atoms with Crippen molar-refractivity contribution >= 4 is 0 Å². The first-order valence-electron chi connectivity index (χ1n) is 4.79. The molecule has 0 N–H and O–H groups in total. The Kier molecular flexibility index (Phi) is 1.92. The molecule has 1 aliphatic heterocycles. The molecule has 2 unspecified atom stereocenters. The normalized spacial score (nSPS) is 27.3. The minimum atomic E-state index is 0.264. The summed E-state index contributed by atoms with van der Waals surface area (Å²) >= 11 is 0. The van der Waals surface area contributed by atoms with E-state index in [0.29, 0.717) is 12.2 Å². The Balaban J connectivity index is 2.09. The minimum absolute atomic E-state index is 0.264. The number of ether oxygens (including phenoxy) is 1. The lowest BCUT2D eigenvalue weighted by Gasteiger charge is -2.14. The summed E-state index contributed by atoms with van der Waals surface area (Å²) in [4.78, 5) is 0. The third-order valence-electron chi connectivity index (χ3n) is 2.47. The summed E-state index contributed by atoms with van der Waals surface area (Å²) in [5.74, 6) is 0. The largest absolute Gasteiger partial charge is 0.364 e. The number of rotatable bonds is 1. The highest BCUT2D eigenvalue weighted by Crippen LogP contribution is 2.48. The van der Waals surface area contributed by atoms with E-state index in [9.17, 15) is 0 Å². The Morgan fingerprint density at radius 1 is 1.08 bits per heavy atom. The molecule has 1 aromatic carbocycles. The summed E-state index contributed by atoms with van der Waals surface area (Å²) in [5, 5.41) is 0. The van der Waals surface area contributed by atoms with Crippen LogP contribution in [0.3, 0.4) is 0 Å². The lowest BCUT2D eigenvalue weighted by Crippen LogP contribution is -2.14. The fourth-order valence-electron chi connectivity index (χ4n) is 1.67. The van der Waals surface area contributed by atoms with Crippen molar-refractivity contribution in [2.24, 2.45) is 5.41 Å². The van der Waals surface area contributed by atoms with Gasteiger partial charge in [0.25, 0.3) is 0 Å². The van der Waals surface area contributed by atoms with Crippen molar-refractivity contribution in [2.75, 3.05) is 0 Å². The number of benzene rings is 1. The molecule has 70 valence electrons. The zero-order valence-corrected chi connectivity index (χ0v) is 8.45. The molecular weight excluding hydrogens is 160 g/mol. The molecule has 2 rings (SSSR count). The molecule has 1 aromatic rings. The summed E-state index contributed by atoms with van der Waals surface area (Å²) in [6, 6.07) is 10.4. The molecule has 0 bridgehead atoms. The molecule has 0 aliphatic carbocycles. The summed E-state index contributed by atoms with van der Waals surface area (Å²) in [6.07, 6.45) is 0.732. The molecule has 1 heteroatoms. The van der Waals surface area contributed by atoms with Crippen molar-refractivity contribution < 1.29 is 4.74 Å². The average Bonchev–Trinajstić information content (AvgIpc) is 2.83. The van der Waals surface area contributed by atoms with E-state index in [0.717, 1.165) is 0 Å². The van der Waals surface area contributed by atoms with Crippen LogP contribution in [0.2, 0.25) is 0 Å². The lowest BCUT2D eigenvalue weighted by molar-refractivity contribution is 0.261. The quantitative estimate of drug-likeness (QED) is 0.599. The zero-order chi connectivity index (χ0) is 9.47. The number of hydrogen-bond donors (Lipinski definition) is 0. The molecule has 0 aromatic heterocycles. The Hall–Kier alpha value is -0.820.